The molecule has 0 aromatic heterocycles. The normalized spacial score (nSPS) is 14.5. The van der Waals surface area contributed by atoms with Gasteiger partial charge in [0, 0.05) is 36.8 Å². The molecule has 8 heteroatoms. The lowest BCUT2D eigenvalue weighted by atomic mass is 10.1. The van der Waals surface area contributed by atoms with Crippen LogP contribution in [0.1, 0.15) is 18.4 Å². The third-order valence-corrected chi connectivity index (χ3v) is 5.63. The molecule has 1 saturated heterocycles. The van der Waals surface area contributed by atoms with Gasteiger partial charge in [-0.2, -0.15) is 0 Å². The predicted molar refractivity (Wildman–Crippen MR) is 102 cm³/mol. The number of anilines is 3. The summed E-state index contributed by atoms with van der Waals surface area (Å²) in [7, 11) is -3.51. The molecule has 3 rings (SSSR count). The Morgan fingerprint density at radius 3 is 2.38 bits per heavy atom. The molecule has 138 valence electrons. The monoisotopic (exact) mass is 375 g/mol. The molecule has 7 nitrogen and oxygen atoms in total. The molecule has 0 spiro atoms. The van der Waals surface area contributed by atoms with E-state index in [0.717, 1.165) is 36.7 Å². The molecule has 1 fully saturated rings. The van der Waals surface area contributed by atoms with Crippen LogP contribution in [0.2, 0.25) is 0 Å². The Hall–Kier alpha value is -2.61. The van der Waals surface area contributed by atoms with Crippen molar-refractivity contribution in [3.8, 4) is 0 Å². The van der Waals surface area contributed by atoms with Crippen LogP contribution in [0.4, 0.5) is 22.7 Å². The Bertz CT molecular complexity index is 951. The van der Waals surface area contributed by atoms with Crippen molar-refractivity contribution < 1.29 is 13.3 Å². The van der Waals surface area contributed by atoms with Gasteiger partial charge in [0.2, 0.25) is 0 Å². The Morgan fingerprint density at radius 2 is 1.81 bits per heavy atom. The Kier molecular flexibility index (Phi) is 4.86. The highest BCUT2D eigenvalue weighted by Gasteiger charge is 2.19. The van der Waals surface area contributed by atoms with Gasteiger partial charge in [0.15, 0.2) is 9.84 Å². The van der Waals surface area contributed by atoms with Crippen LogP contribution in [0.3, 0.4) is 0 Å². The summed E-state index contributed by atoms with van der Waals surface area (Å²) in [6.45, 7) is 4.11. The minimum absolute atomic E-state index is 0.0738. The minimum Gasteiger partial charge on any atom is -0.371 e. The van der Waals surface area contributed by atoms with Crippen molar-refractivity contribution in [3.05, 3.63) is 52.1 Å². The minimum atomic E-state index is -3.51. The highest BCUT2D eigenvalue weighted by atomic mass is 32.2. The van der Waals surface area contributed by atoms with E-state index in [2.05, 4.69) is 10.2 Å². The van der Waals surface area contributed by atoms with Crippen LogP contribution in [0, 0.1) is 17.0 Å². The first kappa shape index (κ1) is 18.2. The van der Waals surface area contributed by atoms with Gasteiger partial charge in [-0.3, -0.25) is 10.1 Å². The molecule has 2 aromatic rings. The molecule has 0 amide bonds. The van der Waals surface area contributed by atoms with Crippen molar-refractivity contribution in [2.75, 3.05) is 29.6 Å². The number of nitrogens with zero attached hydrogens (tertiary/aromatic N) is 2. The molecule has 0 atom stereocenters. The second kappa shape index (κ2) is 6.95. The highest BCUT2D eigenvalue weighted by molar-refractivity contribution is 7.90. The molecule has 0 aliphatic carbocycles. The lowest BCUT2D eigenvalue weighted by Gasteiger charge is -2.21. The number of nitro groups is 1. The van der Waals surface area contributed by atoms with Crippen LogP contribution in [-0.4, -0.2) is 32.7 Å². The third-order valence-electron chi connectivity index (χ3n) is 4.52. The van der Waals surface area contributed by atoms with Crippen molar-refractivity contribution in [3.63, 3.8) is 0 Å². The second-order valence-electron chi connectivity index (χ2n) is 6.53. The van der Waals surface area contributed by atoms with Gasteiger partial charge in [-0.05, 0) is 55.7 Å². The number of rotatable bonds is 5. The Morgan fingerprint density at radius 1 is 1.12 bits per heavy atom. The van der Waals surface area contributed by atoms with Gasteiger partial charge >= 0.3 is 0 Å². The maximum absolute atomic E-state index is 11.6. The summed E-state index contributed by atoms with van der Waals surface area (Å²) in [5.74, 6) is 0. The lowest BCUT2D eigenvalue weighted by molar-refractivity contribution is -0.384. The number of hydrogen-bond donors (Lipinski definition) is 1. The van der Waals surface area contributed by atoms with Crippen molar-refractivity contribution in [1.82, 2.24) is 0 Å². The van der Waals surface area contributed by atoms with E-state index in [0.29, 0.717) is 0 Å². The average Bonchev–Trinajstić information content (AvgIpc) is 3.08. The van der Waals surface area contributed by atoms with Gasteiger partial charge in [0.25, 0.3) is 5.69 Å². The van der Waals surface area contributed by atoms with Gasteiger partial charge in [-0.25, -0.2) is 8.42 Å². The summed E-state index contributed by atoms with van der Waals surface area (Å²) >= 11 is 0. The summed E-state index contributed by atoms with van der Waals surface area (Å²) < 4.78 is 23.3. The molecule has 2 aromatic carbocycles. The standard InChI is InChI=1S/C18H21N3O4S/c1-13-11-14(5-8-17(13)20-9-3-4-10-20)19-16-7-6-15(26(2,24)25)12-18(16)21(22)23/h5-8,11-12,19H,3-4,9-10H2,1-2H3. The molecule has 26 heavy (non-hydrogen) atoms. The average molecular weight is 375 g/mol. The predicted octanol–water partition coefficient (Wildman–Crippen LogP) is 3.65. The van der Waals surface area contributed by atoms with Crippen molar-refractivity contribution >= 4 is 32.6 Å². The van der Waals surface area contributed by atoms with Crippen LogP contribution in [-0.2, 0) is 9.84 Å². The number of sulfone groups is 1. The Labute approximate surface area is 152 Å². The zero-order chi connectivity index (χ0) is 18.9. The van der Waals surface area contributed by atoms with E-state index in [1.54, 1.807) is 0 Å². The topological polar surface area (TPSA) is 92.5 Å². The second-order valence-corrected chi connectivity index (χ2v) is 8.54. The first-order valence-corrected chi connectivity index (χ1v) is 10.3. The highest BCUT2D eigenvalue weighted by Crippen LogP contribution is 2.32. The van der Waals surface area contributed by atoms with Crippen LogP contribution >= 0.6 is 0 Å². The molecular weight excluding hydrogens is 354 g/mol. The number of hydrogen-bond acceptors (Lipinski definition) is 6. The summed E-state index contributed by atoms with van der Waals surface area (Å²) in [6.07, 6.45) is 3.41. The first-order valence-electron chi connectivity index (χ1n) is 8.37. The van der Waals surface area contributed by atoms with Gasteiger partial charge in [0.1, 0.15) is 5.69 Å². The summed E-state index contributed by atoms with van der Waals surface area (Å²) in [5, 5.41) is 14.4. The van der Waals surface area contributed by atoms with E-state index in [1.807, 2.05) is 25.1 Å². The molecule has 1 aliphatic heterocycles. The van der Waals surface area contributed by atoms with Crippen LogP contribution in [0.5, 0.6) is 0 Å². The van der Waals surface area contributed by atoms with E-state index in [9.17, 15) is 18.5 Å². The van der Waals surface area contributed by atoms with E-state index >= 15 is 0 Å². The lowest BCUT2D eigenvalue weighted by Crippen LogP contribution is -2.18. The molecule has 1 heterocycles. The van der Waals surface area contributed by atoms with E-state index < -0.39 is 14.8 Å². The van der Waals surface area contributed by atoms with Gasteiger partial charge < -0.3 is 10.2 Å². The molecule has 0 unspecified atom stereocenters. The number of nitro benzene ring substituents is 1. The summed E-state index contributed by atoms with van der Waals surface area (Å²) in [5.41, 5.74) is 2.98. The van der Waals surface area contributed by atoms with E-state index in [1.165, 1.54) is 30.7 Å². The third kappa shape index (κ3) is 3.80. The zero-order valence-corrected chi connectivity index (χ0v) is 15.5. The van der Waals surface area contributed by atoms with E-state index in [-0.39, 0.29) is 16.3 Å². The summed E-state index contributed by atoms with van der Waals surface area (Å²) in [4.78, 5) is 13.0. The molecule has 0 saturated carbocycles. The smallest absolute Gasteiger partial charge is 0.293 e. The maximum atomic E-state index is 11.6. The maximum Gasteiger partial charge on any atom is 0.293 e. The van der Waals surface area contributed by atoms with Crippen LogP contribution in [0.15, 0.2) is 41.3 Å². The molecule has 0 radical (unpaired) electrons. The SMILES string of the molecule is Cc1cc(Nc2ccc(S(C)(=O)=O)cc2[N+](=O)[O-])ccc1N1CCCC1. The fourth-order valence-electron chi connectivity index (χ4n) is 3.20. The number of aryl methyl sites for hydroxylation is 1. The van der Waals surface area contributed by atoms with Crippen LogP contribution < -0.4 is 10.2 Å². The largest absolute Gasteiger partial charge is 0.371 e. The van der Waals surface area contributed by atoms with Crippen LogP contribution in [0.25, 0.3) is 0 Å². The molecule has 0 bridgehead atoms. The van der Waals surface area contributed by atoms with Crippen molar-refractivity contribution in [1.29, 1.82) is 0 Å². The molecule has 1 aliphatic rings. The molecule has 1 N–H and O–H groups in total. The zero-order valence-electron chi connectivity index (χ0n) is 14.7. The summed E-state index contributed by atoms with van der Waals surface area (Å²) in [6, 6.07) is 9.73. The molecular formula is C18H21N3O4S. The number of nitrogens with one attached hydrogen (secondary N) is 1. The quantitative estimate of drug-likeness (QED) is 0.633. The van der Waals surface area contributed by atoms with Gasteiger partial charge in [0.05, 0.1) is 9.82 Å². The first-order chi connectivity index (χ1) is 12.3. The Balaban J connectivity index is 1.91. The van der Waals surface area contributed by atoms with Crippen molar-refractivity contribution in [2.24, 2.45) is 0 Å². The van der Waals surface area contributed by atoms with E-state index in [4.69, 9.17) is 0 Å². The van der Waals surface area contributed by atoms with Gasteiger partial charge in [-0.1, -0.05) is 0 Å². The van der Waals surface area contributed by atoms with Crippen molar-refractivity contribution in [2.45, 2.75) is 24.7 Å². The fourth-order valence-corrected chi connectivity index (χ4v) is 3.84. The fraction of sp³-hybridized carbons (Fsp3) is 0.333. The van der Waals surface area contributed by atoms with Gasteiger partial charge in [-0.15, -0.1) is 0 Å². The number of benzene rings is 2.